The molecule has 0 aliphatic carbocycles. The highest BCUT2D eigenvalue weighted by molar-refractivity contribution is 7.80. The van der Waals surface area contributed by atoms with Gasteiger partial charge in [-0.3, -0.25) is 20.3 Å². The number of thiol groups is 1. The molecule has 12 nitrogen and oxygen atoms in total. The van der Waals surface area contributed by atoms with E-state index in [1.54, 1.807) is 30.1 Å². The predicted molar refractivity (Wildman–Crippen MR) is 166 cm³/mol. The van der Waals surface area contributed by atoms with Gasteiger partial charge in [0, 0.05) is 58.7 Å². The minimum Gasteiger partial charge on any atom is -0.444 e. The van der Waals surface area contributed by atoms with E-state index in [0.29, 0.717) is 55.2 Å². The van der Waals surface area contributed by atoms with Crippen LogP contribution >= 0.6 is 12.6 Å². The number of likely N-dealkylation sites (N-methyl/N-ethyl adjacent to an activating group) is 2. The van der Waals surface area contributed by atoms with E-state index < -0.39 is 12.2 Å². The van der Waals surface area contributed by atoms with E-state index in [0.717, 1.165) is 44.9 Å². The van der Waals surface area contributed by atoms with Crippen molar-refractivity contribution < 1.29 is 28.7 Å². The first kappa shape index (κ1) is 36.7. The molecule has 1 aromatic rings. The average Bonchev–Trinajstić information content (AvgIpc) is 2.94. The zero-order chi connectivity index (χ0) is 31.3. The molecule has 3 N–H and O–H groups in total. The molecule has 0 heterocycles. The second kappa shape index (κ2) is 21.4. The Balaban J connectivity index is 2.77. The van der Waals surface area contributed by atoms with E-state index in [2.05, 4.69) is 23.3 Å². The van der Waals surface area contributed by atoms with Gasteiger partial charge in [0.25, 0.3) is 0 Å². The lowest BCUT2D eigenvalue weighted by molar-refractivity contribution is -0.129. The molecule has 0 saturated heterocycles. The molecule has 0 aliphatic rings. The molecule has 0 aromatic heterocycles. The summed E-state index contributed by atoms with van der Waals surface area (Å²) >= 11 is 4.06. The number of nitrogens with zero attached hydrogens (tertiary/aromatic N) is 3. The molecule has 42 heavy (non-hydrogen) atoms. The normalized spacial score (nSPS) is 10.6. The Morgan fingerprint density at radius 2 is 1.67 bits per heavy atom. The predicted octanol–water partition coefficient (Wildman–Crippen LogP) is 3.64. The van der Waals surface area contributed by atoms with Gasteiger partial charge in [0.15, 0.2) is 0 Å². The van der Waals surface area contributed by atoms with E-state index in [1.165, 1.54) is 11.8 Å². The summed E-state index contributed by atoms with van der Waals surface area (Å²) in [6, 6.07) is 5.08. The molecule has 0 saturated carbocycles. The highest BCUT2D eigenvalue weighted by Crippen LogP contribution is 2.24. The minimum atomic E-state index is -0.756. The van der Waals surface area contributed by atoms with Crippen LogP contribution in [0.3, 0.4) is 0 Å². The highest BCUT2D eigenvalue weighted by Gasteiger charge is 2.18. The van der Waals surface area contributed by atoms with Crippen LogP contribution in [-0.2, 0) is 27.5 Å². The van der Waals surface area contributed by atoms with E-state index in [-0.39, 0.29) is 25.0 Å². The Hall–Kier alpha value is -3.32. The van der Waals surface area contributed by atoms with E-state index in [1.807, 2.05) is 19.0 Å². The molecule has 0 radical (unpaired) electrons. The molecule has 0 aliphatic heterocycles. The van der Waals surface area contributed by atoms with Gasteiger partial charge in [0.2, 0.25) is 11.8 Å². The average molecular weight is 609 g/mol. The van der Waals surface area contributed by atoms with Crippen molar-refractivity contribution in [2.45, 2.75) is 65.0 Å². The van der Waals surface area contributed by atoms with E-state index in [4.69, 9.17) is 14.9 Å². The summed E-state index contributed by atoms with van der Waals surface area (Å²) in [6.07, 6.45) is 5.75. The van der Waals surface area contributed by atoms with Crippen molar-refractivity contribution in [2.75, 3.05) is 53.1 Å². The van der Waals surface area contributed by atoms with Crippen molar-refractivity contribution in [1.29, 1.82) is 5.41 Å². The van der Waals surface area contributed by atoms with Crippen molar-refractivity contribution in [1.82, 2.24) is 25.3 Å². The number of ether oxygens (including phenoxy) is 2. The highest BCUT2D eigenvalue weighted by atomic mass is 32.1. The molecule has 1 rings (SSSR count). The number of benzene rings is 1. The molecule has 0 fully saturated rings. The zero-order valence-corrected chi connectivity index (χ0v) is 26.3. The maximum Gasteiger partial charge on any atom is 0.415 e. The van der Waals surface area contributed by atoms with Crippen molar-refractivity contribution in [3.63, 3.8) is 0 Å². The molecule has 0 bridgehead atoms. The largest absolute Gasteiger partial charge is 0.444 e. The number of unbranched alkanes of at least 4 members (excludes halogenated alkanes) is 5. The summed E-state index contributed by atoms with van der Waals surface area (Å²) in [5, 5.41) is 12.0. The van der Waals surface area contributed by atoms with Gasteiger partial charge in [-0.05, 0) is 50.4 Å². The van der Waals surface area contributed by atoms with E-state index >= 15 is 0 Å². The fourth-order valence-corrected chi connectivity index (χ4v) is 4.12. The summed E-state index contributed by atoms with van der Waals surface area (Å²) in [5.74, 6) is 0.820. The number of hydrogen-bond acceptors (Lipinski definition) is 9. The number of carbonyl (C=O) groups excluding carboxylic acids is 4. The lowest BCUT2D eigenvalue weighted by Gasteiger charge is -2.24. The molecule has 236 valence electrons. The first-order valence-corrected chi connectivity index (χ1v) is 14.9. The third-order valence-corrected chi connectivity index (χ3v) is 6.62. The number of nitrogens with one attached hydrogen (secondary N) is 3. The van der Waals surface area contributed by atoms with Gasteiger partial charge in [-0.15, -0.1) is 0 Å². The quantitative estimate of drug-likeness (QED) is 0.0766. The number of rotatable bonds is 20. The van der Waals surface area contributed by atoms with Crippen LogP contribution < -0.4 is 15.4 Å². The topological polar surface area (TPSA) is 144 Å². The summed E-state index contributed by atoms with van der Waals surface area (Å²) in [4.78, 5) is 53.5. The SMILES string of the molecule is CC(=O)N(CCCCCCCCNC(=O)CCS)Cc1cc(COC(=O)NC=N)ccc1OC(=O)N(C)CCN(C)C. The number of carbonyl (C=O) groups is 4. The van der Waals surface area contributed by atoms with Crippen LogP contribution in [0.5, 0.6) is 5.75 Å². The Morgan fingerprint density at radius 3 is 2.31 bits per heavy atom. The van der Waals surface area contributed by atoms with Gasteiger partial charge < -0.3 is 29.5 Å². The summed E-state index contributed by atoms with van der Waals surface area (Å²) < 4.78 is 10.8. The molecular weight excluding hydrogens is 560 g/mol. The number of amides is 4. The van der Waals surface area contributed by atoms with Crippen LogP contribution in [0, 0.1) is 5.41 Å². The lowest BCUT2D eigenvalue weighted by Crippen LogP contribution is -2.35. The Kier molecular flexibility index (Phi) is 18.7. The maximum absolute atomic E-state index is 12.8. The van der Waals surface area contributed by atoms with Gasteiger partial charge in [-0.1, -0.05) is 31.7 Å². The van der Waals surface area contributed by atoms with Crippen molar-refractivity contribution in [3.8, 4) is 5.75 Å². The fraction of sp³-hybridized carbons (Fsp3) is 0.621. The van der Waals surface area contributed by atoms with Crippen LogP contribution in [-0.4, -0.2) is 98.1 Å². The van der Waals surface area contributed by atoms with Gasteiger partial charge in [-0.2, -0.15) is 12.6 Å². The summed E-state index contributed by atoms with van der Waals surface area (Å²) in [7, 11) is 5.51. The lowest BCUT2D eigenvalue weighted by atomic mass is 10.1. The van der Waals surface area contributed by atoms with Crippen LogP contribution in [0.15, 0.2) is 18.2 Å². The standard InChI is InChI=1S/C29H48N6O6S/c1-23(36)35(15-10-8-6-5-7-9-14-31-27(37)13-18-42)20-25-19-24(21-40-28(38)32-22-30)11-12-26(25)41-29(39)34(4)17-16-33(2)3/h11-12,19,22,42H,5-10,13-18,20-21H2,1-4H3,(H,31,37)(H2,30,32,38). The Morgan fingerprint density at radius 1 is 0.976 bits per heavy atom. The molecule has 0 unspecified atom stereocenters. The number of alkyl carbamates (subject to hydrolysis) is 1. The first-order chi connectivity index (χ1) is 20.1. The molecule has 0 atom stereocenters. The van der Waals surface area contributed by atoms with Crippen LogP contribution in [0.4, 0.5) is 9.59 Å². The van der Waals surface area contributed by atoms with Gasteiger partial charge in [-0.25, -0.2) is 9.59 Å². The monoisotopic (exact) mass is 608 g/mol. The molecule has 0 spiro atoms. The smallest absolute Gasteiger partial charge is 0.415 e. The fourth-order valence-electron chi connectivity index (χ4n) is 3.91. The van der Waals surface area contributed by atoms with E-state index in [9.17, 15) is 19.2 Å². The van der Waals surface area contributed by atoms with Crippen molar-refractivity contribution >= 4 is 43.0 Å². The van der Waals surface area contributed by atoms with Crippen molar-refractivity contribution in [2.24, 2.45) is 0 Å². The Labute approximate surface area is 255 Å². The molecule has 13 heteroatoms. The van der Waals surface area contributed by atoms with Crippen molar-refractivity contribution in [3.05, 3.63) is 29.3 Å². The maximum atomic E-state index is 12.8. The second-order valence-electron chi connectivity index (χ2n) is 10.3. The summed E-state index contributed by atoms with van der Waals surface area (Å²) in [5.41, 5.74) is 1.27. The van der Waals surface area contributed by atoms with Crippen LogP contribution in [0.25, 0.3) is 0 Å². The molecule has 4 amide bonds. The van der Waals surface area contributed by atoms with Gasteiger partial charge in [0.05, 0.1) is 6.34 Å². The van der Waals surface area contributed by atoms with Gasteiger partial charge in [0.1, 0.15) is 12.4 Å². The van der Waals surface area contributed by atoms with Crippen LogP contribution in [0.2, 0.25) is 0 Å². The number of hydrogen-bond donors (Lipinski definition) is 4. The summed E-state index contributed by atoms with van der Waals surface area (Å²) in [6.45, 7) is 4.08. The minimum absolute atomic E-state index is 0.0370. The Bertz CT molecular complexity index is 1010. The van der Waals surface area contributed by atoms with Gasteiger partial charge >= 0.3 is 12.2 Å². The van der Waals surface area contributed by atoms with Crippen LogP contribution in [0.1, 0.15) is 63.0 Å². The first-order valence-electron chi connectivity index (χ1n) is 14.3. The third-order valence-electron chi connectivity index (χ3n) is 6.40. The second-order valence-corrected chi connectivity index (χ2v) is 10.7. The molecular formula is C29H48N6O6S. The third kappa shape index (κ3) is 16.2. The zero-order valence-electron chi connectivity index (χ0n) is 25.4. The molecule has 1 aromatic carbocycles.